The molecule has 0 spiro atoms. The molecular weight excluding hydrogens is 378 g/mol. The highest BCUT2D eigenvalue weighted by Gasteiger charge is 2.25. The zero-order valence-electron chi connectivity index (χ0n) is 16.3. The molecule has 0 aliphatic carbocycles. The molecule has 7 heteroatoms. The number of pyridine rings is 1. The van der Waals surface area contributed by atoms with Crippen LogP contribution in [0.2, 0.25) is 0 Å². The number of nitrogens with one attached hydrogen (secondary N) is 2. The van der Waals surface area contributed by atoms with E-state index in [2.05, 4.69) is 26.6 Å². The van der Waals surface area contributed by atoms with Crippen LogP contribution in [-0.2, 0) is 13.0 Å². The lowest BCUT2D eigenvalue weighted by Crippen LogP contribution is -2.33. The fourth-order valence-corrected chi connectivity index (χ4v) is 3.58. The third-order valence-corrected chi connectivity index (χ3v) is 5.19. The number of anilines is 1. The third kappa shape index (κ3) is 4.23. The highest BCUT2D eigenvalue weighted by molar-refractivity contribution is 6.05. The van der Waals surface area contributed by atoms with Gasteiger partial charge in [-0.3, -0.25) is 19.3 Å². The molecule has 2 amide bonds. The van der Waals surface area contributed by atoms with E-state index in [4.69, 9.17) is 6.42 Å². The smallest absolute Gasteiger partial charge is 0.259 e. The van der Waals surface area contributed by atoms with Gasteiger partial charge in [-0.05, 0) is 49.1 Å². The monoisotopic (exact) mass is 399 g/mol. The Morgan fingerprint density at radius 3 is 2.90 bits per heavy atom. The van der Waals surface area contributed by atoms with E-state index in [0.29, 0.717) is 41.9 Å². The maximum Gasteiger partial charge on any atom is 0.259 e. The van der Waals surface area contributed by atoms with Crippen molar-refractivity contribution in [3.8, 4) is 12.3 Å². The largest absolute Gasteiger partial charge is 0.352 e. The van der Waals surface area contributed by atoms with Gasteiger partial charge in [0.15, 0.2) is 0 Å². The predicted octanol–water partition coefficient (Wildman–Crippen LogP) is 2.50. The Kier molecular flexibility index (Phi) is 5.57. The van der Waals surface area contributed by atoms with Crippen LogP contribution in [0.3, 0.4) is 0 Å². The molecule has 30 heavy (non-hydrogen) atoms. The van der Waals surface area contributed by atoms with Crippen molar-refractivity contribution in [1.82, 2.24) is 20.1 Å². The van der Waals surface area contributed by atoms with Crippen LogP contribution in [0.15, 0.2) is 55.0 Å². The van der Waals surface area contributed by atoms with Crippen LogP contribution in [0.5, 0.6) is 0 Å². The molecule has 0 unspecified atom stereocenters. The Bertz CT molecular complexity index is 1110. The van der Waals surface area contributed by atoms with Crippen molar-refractivity contribution in [3.05, 3.63) is 77.4 Å². The Morgan fingerprint density at radius 2 is 2.10 bits per heavy atom. The number of amides is 2. The van der Waals surface area contributed by atoms with Gasteiger partial charge in [-0.1, -0.05) is 12.0 Å². The maximum atomic E-state index is 12.8. The molecule has 1 aromatic carbocycles. The summed E-state index contributed by atoms with van der Waals surface area (Å²) in [6, 6.07) is 10.6. The Hall–Kier alpha value is -3.92. The third-order valence-electron chi connectivity index (χ3n) is 5.19. The number of fused-ring (bicyclic) bond motifs is 1. The highest BCUT2D eigenvalue weighted by atomic mass is 16.2. The molecule has 1 aliphatic heterocycles. The van der Waals surface area contributed by atoms with Crippen LogP contribution in [0.4, 0.5) is 5.69 Å². The van der Waals surface area contributed by atoms with Crippen LogP contribution >= 0.6 is 0 Å². The van der Waals surface area contributed by atoms with E-state index < -0.39 is 0 Å². The number of aryl methyl sites for hydroxylation is 1. The molecule has 150 valence electrons. The number of rotatable bonds is 5. The zero-order valence-corrected chi connectivity index (χ0v) is 16.3. The van der Waals surface area contributed by atoms with Crippen molar-refractivity contribution in [1.29, 1.82) is 0 Å². The minimum Gasteiger partial charge on any atom is -0.352 e. The van der Waals surface area contributed by atoms with Gasteiger partial charge in [0.1, 0.15) is 0 Å². The van der Waals surface area contributed by atoms with Crippen molar-refractivity contribution in [3.63, 3.8) is 0 Å². The first-order valence-corrected chi connectivity index (χ1v) is 9.75. The molecule has 2 N–H and O–H groups in total. The first-order chi connectivity index (χ1) is 14.6. The van der Waals surface area contributed by atoms with Gasteiger partial charge in [0, 0.05) is 36.7 Å². The molecule has 3 aromatic rings. The number of hydrogen-bond donors (Lipinski definition) is 2. The minimum absolute atomic E-state index is 0.145. The van der Waals surface area contributed by atoms with Crippen LogP contribution in [0.25, 0.3) is 0 Å². The van der Waals surface area contributed by atoms with E-state index >= 15 is 0 Å². The number of nitrogens with zero attached hydrogens (tertiary/aromatic N) is 3. The summed E-state index contributed by atoms with van der Waals surface area (Å²) < 4.78 is 1.87. The molecule has 0 saturated heterocycles. The summed E-state index contributed by atoms with van der Waals surface area (Å²) in [6.45, 7) is 1.24. The quantitative estimate of drug-likeness (QED) is 0.645. The normalized spacial score (nSPS) is 15.0. The van der Waals surface area contributed by atoms with Crippen molar-refractivity contribution in [2.24, 2.45) is 5.92 Å². The van der Waals surface area contributed by atoms with Crippen molar-refractivity contribution in [2.45, 2.75) is 19.4 Å². The van der Waals surface area contributed by atoms with Crippen LogP contribution < -0.4 is 10.6 Å². The number of aromatic nitrogens is 3. The molecule has 1 atom stereocenters. The first kappa shape index (κ1) is 19.4. The Labute approximate surface area is 174 Å². The Balaban J connectivity index is 1.41. The average molecular weight is 399 g/mol. The summed E-state index contributed by atoms with van der Waals surface area (Å²) in [4.78, 5) is 29.1. The average Bonchev–Trinajstić information content (AvgIpc) is 3.21. The van der Waals surface area contributed by atoms with Gasteiger partial charge >= 0.3 is 0 Å². The number of hydrogen-bond acceptors (Lipinski definition) is 4. The standard InChI is InChI=1S/C23H21N5O2/c1-2-16-5-3-7-19(11-16)27-23(30)20-15-26-28-10-8-17(12-21(20)28)13-25-22(29)18-6-4-9-24-14-18/h1,3-7,9,11,14-15,17H,8,10,12-13H2,(H,25,29)(H,27,30)/t17-/m0/s1. The van der Waals surface area contributed by atoms with Gasteiger partial charge in [0.25, 0.3) is 11.8 Å². The number of benzene rings is 1. The Morgan fingerprint density at radius 1 is 1.20 bits per heavy atom. The number of carbonyl (C=O) groups excluding carboxylic acids is 2. The molecule has 0 bridgehead atoms. The van der Waals surface area contributed by atoms with E-state index in [9.17, 15) is 9.59 Å². The van der Waals surface area contributed by atoms with Gasteiger partial charge in [-0.25, -0.2) is 0 Å². The van der Waals surface area contributed by atoms with Gasteiger partial charge in [-0.15, -0.1) is 6.42 Å². The zero-order chi connectivity index (χ0) is 20.9. The van der Waals surface area contributed by atoms with E-state index in [0.717, 1.165) is 12.1 Å². The summed E-state index contributed by atoms with van der Waals surface area (Å²) in [5.41, 5.74) is 3.31. The lowest BCUT2D eigenvalue weighted by molar-refractivity contribution is 0.0942. The van der Waals surface area contributed by atoms with E-state index in [1.807, 2.05) is 10.7 Å². The lowest BCUT2D eigenvalue weighted by Gasteiger charge is -2.24. The first-order valence-electron chi connectivity index (χ1n) is 9.75. The topological polar surface area (TPSA) is 88.9 Å². The lowest BCUT2D eigenvalue weighted by atomic mass is 9.94. The predicted molar refractivity (Wildman–Crippen MR) is 113 cm³/mol. The van der Waals surface area contributed by atoms with E-state index in [-0.39, 0.29) is 17.7 Å². The number of carbonyl (C=O) groups is 2. The molecular formula is C23H21N5O2. The molecule has 0 saturated carbocycles. The van der Waals surface area contributed by atoms with Crippen molar-refractivity contribution >= 4 is 17.5 Å². The van der Waals surface area contributed by atoms with Crippen LogP contribution in [0.1, 0.15) is 38.4 Å². The second-order valence-electron chi connectivity index (χ2n) is 7.22. The summed E-state index contributed by atoms with van der Waals surface area (Å²) in [7, 11) is 0. The molecule has 0 fully saturated rings. The number of terminal acetylenes is 1. The molecule has 0 radical (unpaired) electrons. The molecule has 1 aliphatic rings. The maximum absolute atomic E-state index is 12.8. The van der Waals surface area contributed by atoms with Gasteiger partial charge in [0.05, 0.1) is 23.0 Å². The van der Waals surface area contributed by atoms with Gasteiger partial charge in [-0.2, -0.15) is 5.10 Å². The molecule has 4 rings (SSSR count). The highest BCUT2D eigenvalue weighted by Crippen LogP contribution is 2.23. The van der Waals surface area contributed by atoms with Gasteiger partial charge < -0.3 is 10.6 Å². The SMILES string of the molecule is C#Cc1cccc(NC(=O)c2cnn3c2C[C@@H](CNC(=O)c2cccnc2)CC3)c1. The minimum atomic E-state index is -0.217. The summed E-state index contributed by atoms with van der Waals surface area (Å²) in [5, 5.41) is 10.2. The molecule has 2 aromatic heterocycles. The van der Waals surface area contributed by atoms with Gasteiger partial charge in [0.2, 0.25) is 0 Å². The summed E-state index contributed by atoms with van der Waals surface area (Å²) >= 11 is 0. The second-order valence-corrected chi connectivity index (χ2v) is 7.22. The van der Waals surface area contributed by atoms with Crippen molar-refractivity contribution < 1.29 is 9.59 Å². The fraction of sp³-hybridized carbons (Fsp3) is 0.217. The molecule has 3 heterocycles. The van der Waals surface area contributed by atoms with E-state index in [1.54, 1.807) is 48.9 Å². The summed E-state index contributed by atoms with van der Waals surface area (Å²) in [5.74, 6) is 2.43. The van der Waals surface area contributed by atoms with Crippen LogP contribution in [0, 0.1) is 18.3 Å². The van der Waals surface area contributed by atoms with Crippen LogP contribution in [-0.4, -0.2) is 33.1 Å². The fourth-order valence-electron chi connectivity index (χ4n) is 3.58. The van der Waals surface area contributed by atoms with Crippen molar-refractivity contribution in [2.75, 3.05) is 11.9 Å². The van der Waals surface area contributed by atoms with E-state index in [1.165, 1.54) is 0 Å². The second kappa shape index (κ2) is 8.62. The summed E-state index contributed by atoms with van der Waals surface area (Å²) in [6.07, 6.45) is 11.8. The molecule has 7 nitrogen and oxygen atoms in total.